The van der Waals surface area contributed by atoms with E-state index < -0.39 is 5.63 Å². The zero-order chi connectivity index (χ0) is 20.4. The number of hydrogen-bond donors (Lipinski definition) is 1. The maximum atomic E-state index is 12.0. The van der Waals surface area contributed by atoms with E-state index in [0.29, 0.717) is 27.2 Å². The average molecular weight is 428 g/mol. The number of fused-ring (bicyclic) bond motifs is 1. The van der Waals surface area contributed by atoms with Crippen molar-refractivity contribution < 1.29 is 9.21 Å². The third-order valence-corrected chi connectivity index (χ3v) is 5.24. The molecule has 2 aromatic carbocycles. The highest BCUT2D eigenvalue weighted by molar-refractivity contribution is 7.98. The molecule has 2 heterocycles. The van der Waals surface area contributed by atoms with E-state index in [-0.39, 0.29) is 5.91 Å². The first-order valence-corrected chi connectivity index (χ1v) is 9.87. The molecule has 2 aromatic heterocycles. The number of amides is 1. The minimum absolute atomic E-state index is 0.201. The summed E-state index contributed by atoms with van der Waals surface area (Å²) in [5.74, 6) is 0.252. The molecule has 8 nitrogen and oxygen atoms in total. The quantitative estimate of drug-likeness (QED) is 0.382. The van der Waals surface area contributed by atoms with Crippen molar-refractivity contribution in [1.29, 1.82) is 0 Å². The SMILES string of the molecule is CC(=O)Nc1ccc2c(CSc3nnnn3-c3ccc(Cl)cc3)cc(=O)oc2c1. The van der Waals surface area contributed by atoms with E-state index >= 15 is 0 Å². The highest BCUT2D eigenvalue weighted by Crippen LogP contribution is 2.28. The summed E-state index contributed by atoms with van der Waals surface area (Å²) in [4.78, 5) is 23.2. The summed E-state index contributed by atoms with van der Waals surface area (Å²) in [5, 5.41) is 16.5. The van der Waals surface area contributed by atoms with Gasteiger partial charge in [0.15, 0.2) is 0 Å². The number of rotatable bonds is 5. The number of tetrazole rings is 1. The zero-order valence-corrected chi connectivity index (χ0v) is 16.7. The minimum Gasteiger partial charge on any atom is -0.423 e. The van der Waals surface area contributed by atoms with Gasteiger partial charge in [-0.3, -0.25) is 4.79 Å². The Morgan fingerprint density at radius 3 is 2.76 bits per heavy atom. The molecule has 0 bridgehead atoms. The van der Waals surface area contributed by atoms with Crippen molar-refractivity contribution in [2.24, 2.45) is 0 Å². The second-order valence-electron chi connectivity index (χ2n) is 6.12. The highest BCUT2D eigenvalue weighted by Gasteiger charge is 2.12. The van der Waals surface area contributed by atoms with Crippen molar-refractivity contribution in [2.75, 3.05) is 5.32 Å². The molecule has 0 atom stereocenters. The fraction of sp³-hybridized carbons (Fsp3) is 0.105. The van der Waals surface area contributed by atoms with Crippen LogP contribution in [0.5, 0.6) is 0 Å². The Hall–Kier alpha value is -3.17. The van der Waals surface area contributed by atoms with E-state index in [9.17, 15) is 9.59 Å². The Morgan fingerprint density at radius 1 is 1.21 bits per heavy atom. The van der Waals surface area contributed by atoms with Gasteiger partial charge in [-0.05, 0) is 52.4 Å². The van der Waals surface area contributed by atoms with Gasteiger partial charge in [-0.2, -0.15) is 4.68 Å². The van der Waals surface area contributed by atoms with Gasteiger partial charge in [0.2, 0.25) is 11.1 Å². The molecule has 0 radical (unpaired) electrons. The molecule has 0 aliphatic heterocycles. The normalized spacial score (nSPS) is 11.0. The van der Waals surface area contributed by atoms with E-state index in [2.05, 4.69) is 20.8 Å². The second kappa shape index (κ2) is 8.06. The van der Waals surface area contributed by atoms with Gasteiger partial charge in [0.1, 0.15) is 5.58 Å². The number of carbonyl (C=O) groups is 1. The summed E-state index contributed by atoms with van der Waals surface area (Å²) in [5.41, 5.74) is 2.05. The van der Waals surface area contributed by atoms with Gasteiger partial charge in [-0.25, -0.2) is 4.79 Å². The van der Waals surface area contributed by atoms with Crippen LogP contribution in [0.3, 0.4) is 0 Å². The molecule has 29 heavy (non-hydrogen) atoms. The molecule has 0 saturated heterocycles. The molecule has 4 aromatic rings. The second-order valence-corrected chi connectivity index (χ2v) is 7.50. The summed E-state index contributed by atoms with van der Waals surface area (Å²) in [6.45, 7) is 1.41. The van der Waals surface area contributed by atoms with Crippen LogP contribution in [0.2, 0.25) is 5.02 Å². The fourth-order valence-corrected chi connectivity index (χ4v) is 3.79. The molecule has 0 aliphatic rings. The Morgan fingerprint density at radius 2 is 2.00 bits per heavy atom. The van der Waals surface area contributed by atoms with Gasteiger partial charge in [0.25, 0.3) is 0 Å². The van der Waals surface area contributed by atoms with Gasteiger partial charge in [-0.1, -0.05) is 23.4 Å². The monoisotopic (exact) mass is 427 g/mol. The standard InChI is InChI=1S/C19H14ClN5O3S/c1-11(26)21-14-4-7-16-12(8-18(27)28-17(16)9-14)10-29-19-22-23-24-25(19)15-5-2-13(20)3-6-15/h2-9H,10H2,1H3,(H,21,26). The molecule has 4 rings (SSSR count). The van der Waals surface area contributed by atoms with Crippen LogP contribution >= 0.6 is 23.4 Å². The lowest BCUT2D eigenvalue weighted by atomic mass is 10.1. The van der Waals surface area contributed by atoms with Crippen molar-refractivity contribution in [3.05, 3.63) is 69.5 Å². The number of halogens is 1. The molecule has 1 N–H and O–H groups in total. The first-order chi connectivity index (χ1) is 14.0. The van der Waals surface area contributed by atoms with Gasteiger partial charge in [0, 0.05) is 40.9 Å². The first kappa shape index (κ1) is 19.2. The number of aromatic nitrogens is 4. The van der Waals surface area contributed by atoms with E-state index in [4.69, 9.17) is 16.0 Å². The van der Waals surface area contributed by atoms with E-state index in [1.807, 2.05) is 18.2 Å². The molecule has 146 valence electrons. The van der Waals surface area contributed by atoms with Crippen molar-refractivity contribution in [1.82, 2.24) is 20.2 Å². The topological polar surface area (TPSA) is 103 Å². The van der Waals surface area contributed by atoms with Crippen molar-refractivity contribution in [3.63, 3.8) is 0 Å². The summed E-state index contributed by atoms with van der Waals surface area (Å²) in [7, 11) is 0. The Bertz CT molecular complexity index is 1250. The predicted molar refractivity (Wildman–Crippen MR) is 111 cm³/mol. The zero-order valence-electron chi connectivity index (χ0n) is 15.1. The number of anilines is 1. The lowest BCUT2D eigenvalue weighted by Crippen LogP contribution is -2.06. The van der Waals surface area contributed by atoms with Crippen LogP contribution in [-0.2, 0) is 10.5 Å². The maximum absolute atomic E-state index is 12.0. The van der Waals surface area contributed by atoms with Crippen molar-refractivity contribution in [3.8, 4) is 5.69 Å². The Kier molecular flexibility index (Phi) is 5.32. The van der Waals surface area contributed by atoms with Crippen LogP contribution in [0.1, 0.15) is 12.5 Å². The van der Waals surface area contributed by atoms with Gasteiger partial charge in [-0.15, -0.1) is 5.10 Å². The Balaban J connectivity index is 1.62. The average Bonchev–Trinajstić information content (AvgIpc) is 3.14. The van der Waals surface area contributed by atoms with Crippen LogP contribution in [0.15, 0.2) is 62.9 Å². The van der Waals surface area contributed by atoms with Crippen LogP contribution in [0.25, 0.3) is 16.7 Å². The number of nitrogens with zero attached hydrogens (tertiary/aromatic N) is 4. The summed E-state index contributed by atoms with van der Waals surface area (Å²) in [6.07, 6.45) is 0. The van der Waals surface area contributed by atoms with Gasteiger partial charge < -0.3 is 9.73 Å². The molecule has 0 unspecified atom stereocenters. The van der Waals surface area contributed by atoms with Crippen LogP contribution in [-0.4, -0.2) is 26.1 Å². The van der Waals surface area contributed by atoms with Gasteiger partial charge >= 0.3 is 5.63 Å². The molecular formula is C19H14ClN5O3S. The number of benzene rings is 2. The lowest BCUT2D eigenvalue weighted by molar-refractivity contribution is -0.114. The van der Waals surface area contributed by atoms with Crippen molar-refractivity contribution in [2.45, 2.75) is 17.8 Å². The molecule has 0 saturated carbocycles. The molecule has 10 heteroatoms. The number of nitrogens with one attached hydrogen (secondary N) is 1. The number of carbonyl (C=O) groups excluding carboxylic acids is 1. The maximum Gasteiger partial charge on any atom is 0.336 e. The van der Waals surface area contributed by atoms with Crippen molar-refractivity contribution >= 4 is 45.9 Å². The van der Waals surface area contributed by atoms with Crippen LogP contribution < -0.4 is 10.9 Å². The summed E-state index contributed by atoms with van der Waals surface area (Å²) >= 11 is 7.32. The Labute approximate surface area is 173 Å². The highest BCUT2D eigenvalue weighted by atomic mass is 35.5. The largest absolute Gasteiger partial charge is 0.423 e. The molecule has 0 fully saturated rings. The summed E-state index contributed by atoms with van der Waals surface area (Å²) < 4.78 is 6.89. The predicted octanol–water partition coefficient (Wildman–Crippen LogP) is 3.67. The first-order valence-electron chi connectivity index (χ1n) is 8.51. The third kappa shape index (κ3) is 4.30. The molecule has 0 aliphatic carbocycles. The molecule has 1 amide bonds. The number of hydrogen-bond acceptors (Lipinski definition) is 7. The molecular weight excluding hydrogens is 414 g/mol. The van der Waals surface area contributed by atoms with Gasteiger partial charge in [0.05, 0.1) is 5.69 Å². The third-order valence-electron chi connectivity index (χ3n) is 4.02. The fourth-order valence-electron chi connectivity index (χ4n) is 2.79. The summed E-state index contributed by atoms with van der Waals surface area (Å²) in [6, 6.07) is 13.8. The number of thioether (sulfide) groups is 1. The lowest BCUT2D eigenvalue weighted by Gasteiger charge is -2.08. The molecule has 0 spiro atoms. The minimum atomic E-state index is -0.467. The van der Waals surface area contributed by atoms with Crippen LogP contribution in [0, 0.1) is 0 Å². The van der Waals surface area contributed by atoms with E-state index in [1.54, 1.807) is 28.9 Å². The van der Waals surface area contributed by atoms with E-state index in [0.717, 1.165) is 16.6 Å². The van der Waals surface area contributed by atoms with Crippen LogP contribution in [0.4, 0.5) is 5.69 Å². The smallest absolute Gasteiger partial charge is 0.336 e. The van der Waals surface area contributed by atoms with E-state index in [1.165, 1.54) is 24.8 Å².